The fourth-order valence-corrected chi connectivity index (χ4v) is 4.64. The third-order valence-electron chi connectivity index (χ3n) is 6.16. The molecule has 4 rings (SSSR count). The molecule has 2 unspecified atom stereocenters. The molecule has 1 fully saturated rings. The Hall–Kier alpha value is -2.15. The van der Waals surface area contributed by atoms with Crippen molar-refractivity contribution < 1.29 is 14.8 Å². The van der Waals surface area contributed by atoms with Crippen molar-refractivity contribution in [1.29, 1.82) is 0 Å². The number of nitrogens with zero attached hydrogens (tertiary/aromatic N) is 1. The molecule has 0 aliphatic heterocycles. The van der Waals surface area contributed by atoms with Crippen LogP contribution in [0.3, 0.4) is 0 Å². The summed E-state index contributed by atoms with van der Waals surface area (Å²) < 4.78 is 5.80. The third kappa shape index (κ3) is 4.94. The van der Waals surface area contributed by atoms with Gasteiger partial charge in [-0.05, 0) is 42.9 Å². The lowest BCUT2D eigenvalue weighted by Crippen LogP contribution is -2.45. The molecule has 2 aromatic carbocycles. The van der Waals surface area contributed by atoms with E-state index in [0.29, 0.717) is 30.0 Å². The Labute approximate surface area is 183 Å². The smallest absolute Gasteiger partial charge is 0.314 e. The lowest BCUT2D eigenvalue weighted by atomic mass is 9.83. The van der Waals surface area contributed by atoms with Crippen molar-refractivity contribution in [3.05, 3.63) is 69.3 Å². The van der Waals surface area contributed by atoms with E-state index < -0.39 is 6.10 Å². The molecule has 0 heterocycles. The van der Waals surface area contributed by atoms with Crippen LogP contribution in [0, 0.1) is 10.1 Å². The van der Waals surface area contributed by atoms with Gasteiger partial charge in [0, 0.05) is 17.6 Å². The van der Waals surface area contributed by atoms with Crippen LogP contribution < -0.4 is 10.1 Å². The molecule has 0 bridgehead atoms. The Kier molecular flexibility index (Phi) is 7.69. The standard InChI is InChI=1S/C23H28N2O4.ClH/c26-23-19-12-14-21(29-15-16-7-3-1-4-8-16)22(25(27)28)18(19)11-13-20(23)24-17-9-5-2-6-10-17;/h1,3-4,7-8,12,14,17,20,23-24,26H,2,5-6,9-11,13,15H2;1H. The average molecular weight is 433 g/mol. The molecule has 0 spiro atoms. The zero-order chi connectivity index (χ0) is 20.2. The van der Waals surface area contributed by atoms with Crippen LogP contribution in [0.25, 0.3) is 0 Å². The monoisotopic (exact) mass is 432 g/mol. The van der Waals surface area contributed by atoms with Gasteiger partial charge in [0.2, 0.25) is 0 Å². The van der Waals surface area contributed by atoms with E-state index >= 15 is 0 Å². The SMILES string of the molecule is Cl.O=[N+]([O-])c1c(OCc2ccccc2)ccc2c1CCC(NC1CCCCC1)C2O. The van der Waals surface area contributed by atoms with Crippen LogP contribution in [0.1, 0.15) is 61.3 Å². The highest BCUT2D eigenvalue weighted by atomic mass is 35.5. The average Bonchev–Trinajstić information content (AvgIpc) is 2.75. The van der Waals surface area contributed by atoms with E-state index in [1.54, 1.807) is 12.1 Å². The van der Waals surface area contributed by atoms with Crippen molar-refractivity contribution in [2.75, 3.05) is 0 Å². The van der Waals surface area contributed by atoms with Crippen molar-refractivity contribution in [3.8, 4) is 5.75 Å². The first kappa shape index (κ1) is 22.5. The molecule has 2 aromatic rings. The molecule has 2 atom stereocenters. The number of benzene rings is 2. The largest absolute Gasteiger partial charge is 0.482 e. The highest BCUT2D eigenvalue weighted by Crippen LogP contribution is 2.41. The Bertz CT molecular complexity index is 856. The summed E-state index contributed by atoms with van der Waals surface area (Å²) in [6.45, 7) is 0.273. The van der Waals surface area contributed by atoms with Crippen LogP contribution in [-0.4, -0.2) is 22.1 Å². The van der Waals surface area contributed by atoms with Gasteiger partial charge in [0.25, 0.3) is 0 Å². The number of nitro groups is 1. The molecule has 7 heteroatoms. The molecule has 0 amide bonds. The minimum atomic E-state index is -0.734. The number of nitrogens with one attached hydrogen (secondary N) is 1. The number of aliphatic hydroxyl groups excluding tert-OH is 1. The number of halogens is 1. The summed E-state index contributed by atoms with van der Waals surface area (Å²) in [5.74, 6) is 0.267. The fraction of sp³-hybridized carbons (Fsp3) is 0.478. The predicted molar refractivity (Wildman–Crippen MR) is 118 cm³/mol. The van der Waals surface area contributed by atoms with Crippen LogP contribution in [0.2, 0.25) is 0 Å². The van der Waals surface area contributed by atoms with Gasteiger partial charge in [0.15, 0.2) is 5.75 Å². The highest BCUT2D eigenvalue weighted by Gasteiger charge is 2.35. The van der Waals surface area contributed by atoms with Gasteiger partial charge in [-0.2, -0.15) is 0 Å². The Morgan fingerprint density at radius 2 is 1.80 bits per heavy atom. The number of hydrogen-bond donors (Lipinski definition) is 2. The fourth-order valence-electron chi connectivity index (χ4n) is 4.64. The van der Waals surface area contributed by atoms with Gasteiger partial charge in [-0.3, -0.25) is 10.1 Å². The first-order valence-corrected chi connectivity index (χ1v) is 10.5. The number of aliphatic hydroxyl groups is 1. The third-order valence-corrected chi connectivity index (χ3v) is 6.16. The maximum atomic E-state index is 11.8. The summed E-state index contributed by atoms with van der Waals surface area (Å²) in [5, 5.41) is 26.4. The molecule has 2 aliphatic rings. The molecule has 0 aromatic heterocycles. The lowest BCUT2D eigenvalue weighted by molar-refractivity contribution is -0.386. The highest BCUT2D eigenvalue weighted by molar-refractivity contribution is 5.85. The van der Waals surface area contributed by atoms with Crippen molar-refractivity contribution in [1.82, 2.24) is 5.32 Å². The van der Waals surface area contributed by atoms with E-state index in [1.807, 2.05) is 30.3 Å². The van der Waals surface area contributed by atoms with Crippen LogP contribution in [-0.2, 0) is 13.0 Å². The maximum Gasteiger partial charge on any atom is 0.314 e. The molecule has 30 heavy (non-hydrogen) atoms. The van der Waals surface area contributed by atoms with Crippen molar-refractivity contribution in [3.63, 3.8) is 0 Å². The van der Waals surface area contributed by atoms with Crippen LogP contribution in [0.4, 0.5) is 5.69 Å². The quantitative estimate of drug-likeness (QED) is 0.502. The van der Waals surface area contributed by atoms with Gasteiger partial charge in [0.05, 0.1) is 11.0 Å². The zero-order valence-corrected chi connectivity index (χ0v) is 17.8. The normalized spacial score (nSPS) is 21.4. The maximum absolute atomic E-state index is 11.8. The number of fused-ring (bicyclic) bond motifs is 1. The van der Waals surface area contributed by atoms with Gasteiger partial charge in [-0.1, -0.05) is 55.7 Å². The summed E-state index contributed by atoms with van der Waals surface area (Å²) in [5.41, 5.74) is 2.21. The van der Waals surface area contributed by atoms with Gasteiger partial charge in [0.1, 0.15) is 6.61 Å². The van der Waals surface area contributed by atoms with Crippen molar-refractivity contribution in [2.45, 2.75) is 69.7 Å². The molecule has 1 saturated carbocycles. The van der Waals surface area contributed by atoms with E-state index in [1.165, 1.54) is 19.3 Å². The molecule has 6 nitrogen and oxygen atoms in total. The van der Waals surface area contributed by atoms with Gasteiger partial charge in [-0.25, -0.2) is 0 Å². The number of nitro benzene ring substituents is 1. The van der Waals surface area contributed by atoms with E-state index in [9.17, 15) is 15.2 Å². The van der Waals surface area contributed by atoms with Crippen molar-refractivity contribution in [2.24, 2.45) is 0 Å². The molecular weight excluding hydrogens is 404 g/mol. The Morgan fingerprint density at radius 3 is 2.50 bits per heavy atom. The molecule has 2 aliphatic carbocycles. The minimum absolute atomic E-state index is 0. The van der Waals surface area contributed by atoms with Crippen LogP contribution in [0.15, 0.2) is 42.5 Å². The summed E-state index contributed by atoms with van der Waals surface area (Å²) in [7, 11) is 0. The zero-order valence-electron chi connectivity index (χ0n) is 17.0. The lowest BCUT2D eigenvalue weighted by Gasteiger charge is -2.35. The number of hydrogen-bond acceptors (Lipinski definition) is 5. The molecule has 2 N–H and O–H groups in total. The number of ether oxygens (including phenoxy) is 1. The van der Waals surface area contributed by atoms with Crippen molar-refractivity contribution >= 4 is 18.1 Å². The topological polar surface area (TPSA) is 84.6 Å². The minimum Gasteiger partial charge on any atom is -0.482 e. The first-order chi connectivity index (χ1) is 14.1. The van der Waals surface area contributed by atoms with Crippen LogP contribution >= 0.6 is 12.4 Å². The Balaban J connectivity index is 0.00000256. The molecule has 0 saturated heterocycles. The van der Waals surface area contributed by atoms with Gasteiger partial charge < -0.3 is 15.2 Å². The van der Waals surface area contributed by atoms with E-state index in [0.717, 1.165) is 18.4 Å². The predicted octanol–water partition coefficient (Wildman–Crippen LogP) is 4.87. The number of rotatable bonds is 6. The van der Waals surface area contributed by atoms with Crippen LogP contribution in [0.5, 0.6) is 5.75 Å². The second-order valence-corrected chi connectivity index (χ2v) is 8.10. The molecule has 0 radical (unpaired) electrons. The van der Waals surface area contributed by atoms with Gasteiger partial charge in [-0.15, -0.1) is 12.4 Å². The first-order valence-electron chi connectivity index (χ1n) is 10.5. The van der Waals surface area contributed by atoms with E-state index in [4.69, 9.17) is 4.74 Å². The second kappa shape index (κ2) is 10.2. The summed E-state index contributed by atoms with van der Waals surface area (Å²) >= 11 is 0. The summed E-state index contributed by atoms with van der Waals surface area (Å²) in [6, 6.07) is 13.4. The van der Waals surface area contributed by atoms with E-state index in [2.05, 4.69) is 5.32 Å². The second-order valence-electron chi connectivity index (χ2n) is 8.10. The summed E-state index contributed by atoms with van der Waals surface area (Å²) in [6.07, 6.45) is 6.54. The summed E-state index contributed by atoms with van der Waals surface area (Å²) in [4.78, 5) is 11.5. The van der Waals surface area contributed by atoms with E-state index in [-0.39, 0.29) is 41.4 Å². The molecule has 162 valence electrons. The molecular formula is C23H29ClN2O4. The Morgan fingerprint density at radius 1 is 1.07 bits per heavy atom. The van der Waals surface area contributed by atoms with Gasteiger partial charge >= 0.3 is 5.69 Å².